The standard InChI is InChI=1S/C15H21N5O/c1-12-10-17-18-15(12)13-4-2-3-7-20(13)14(21)5-8-19-9-6-16-11-19/h6,9-11,13H,2-5,7-8H2,1H3,(H,17,18)/t13-/m1/s1. The first kappa shape index (κ1) is 13.9. The predicted octanol–water partition coefficient (Wildman–Crippen LogP) is 2.06. The second-order valence-electron chi connectivity index (χ2n) is 5.62. The van der Waals surface area contributed by atoms with Crippen molar-refractivity contribution in [3.63, 3.8) is 0 Å². The monoisotopic (exact) mass is 287 g/mol. The maximum absolute atomic E-state index is 12.6. The molecule has 1 aliphatic heterocycles. The highest BCUT2D eigenvalue weighted by molar-refractivity contribution is 5.76. The quantitative estimate of drug-likeness (QED) is 0.936. The summed E-state index contributed by atoms with van der Waals surface area (Å²) in [5, 5.41) is 7.17. The Bertz CT molecular complexity index is 589. The van der Waals surface area contributed by atoms with Crippen molar-refractivity contribution < 1.29 is 4.79 Å². The van der Waals surface area contributed by atoms with Gasteiger partial charge in [0.1, 0.15) is 0 Å². The molecule has 1 atom stereocenters. The smallest absolute Gasteiger partial charge is 0.224 e. The van der Waals surface area contributed by atoms with Gasteiger partial charge in [0.25, 0.3) is 0 Å². The first-order chi connectivity index (χ1) is 10.3. The molecular weight excluding hydrogens is 266 g/mol. The number of rotatable bonds is 4. The molecule has 0 aromatic carbocycles. The van der Waals surface area contributed by atoms with E-state index in [2.05, 4.69) is 15.2 Å². The lowest BCUT2D eigenvalue weighted by Gasteiger charge is -2.35. The number of aromatic amines is 1. The summed E-state index contributed by atoms with van der Waals surface area (Å²) in [6, 6.07) is 0.150. The minimum atomic E-state index is 0.150. The molecular formula is C15H21N5O. The second-order valence-corrected chi connectivity index (χ2v) is 5.62. The van der Waals surface area contributed by atoms with E-state index in [4.69, 9.17) is 0 Å². The maximum atomic E-state index is 12.6. The molecule has 1 amide bonds. The van der Waals surface area contributed by atoms with Gasteiger partial charge in [-0.2, -0.15) is 5.10 Å². The van der Waals surface area contributed by atoms with Crippen LogP contribution in [0.5, 0.6) is 0 Å². The van der Waals surface area contributed by atoms with E-state index in [1.807, 2.05) is 28.8 Å². The van der Waals surface area contributed by atoms with E-state index in [1.165, 1.54) is 0 Å². The fourth-order valence-electron chi connectivity index (χ4n) is 3.01. The van der Waals surface area contributed by atoms with Crippen LogP contribution in [0.2, 0.25) is 0 Å². The molecule has 1 fully saturated rings. The van der Waals surface area contributed by atoms with Crippen LogP contribution in [0.4, 0.5) is 0 Å². The number of hydrogen-bond acceptors (Lipinski definition) is 3. The zero-order valence-corrected chi connectivity index (χ0v) is 12.3. The van der Waals surface area contributed by atoms with E-state index < -0.39 is 0 Å². The molecule has 0 aliphatic carbocycles. The molecule has 0 spiro atoms. The Balaban J connectivity index is 1.69. The number of carbonyl (C=O) groups excluding carboxylic acids is 1. The molecule has 6 nitrogen and oxygen atoms in total. The van der Waals surface area contributed by atoms with Gasteiger partial charge < -0.3 is 9.47 Å². The van der Waals surface area contributed by atoms with Gasteiger partial charge in [-0.1, -0.05) is 0 Å². The summed E-state index contributed by atoms with van der Waals surface area (Å²) < 4.78 is 1.94. The summed E-state index contributed by atoms with van der Waals surface area (Å²) in [4.78, 5) is 18.6. The van der Waals surface area contributed by atoms with Crippen molar-refractivity contribution in [2.24, 2.45) is 0 Å². The first-order valence-corrected chi connectivity index (χ1v) is 7.51. The highest BCUT2D eigenvalue weighted by atomic mass is 16.2. The lowest BCUT2D eigenvalue weighted by atomic mass is 9.97. The number of nitrogens with one attached hydrogen (secondary N) is 1. The highest BCUT2D eigenvalue weighted by Gasteiger charge is 2.29. The molecule has 1 saturated heterocycles. The van der Waals surface area contributed by atoms with Gasteiger partial charge in [0.2, 0.25) is 5.91 Å². The van der Waals surface area contributed by atoms with E-state index in [0.717, 1.165) is 37.1 Å². The van der Waals surface area contributed by atoms with E-state index in [-0.39, 0.29) is 11.9 Å². The molecule has 3 rings (SSSR count). The second kappa shape index (κ2) is 6.11. The van der Waals surface area contributed by atoms with Gasteiger partial charge in [-0.3, -0.25) is 9.89 Å². The van der Waals surface area contributed by atoms with Crippen molar-refractivity contribution in [1.82, 2.24) is 24.6 Å². The third-order valence-electron chi connectivity index (χ3n) is 4.17. The molecule has 21 heavy (non-hydrogen) atoms. The summed E-state index contributed by atoms with van der Waals surface area (Å²) in [7, 11) is 0. The van der Waals surface area contributed by atoms with Crippen LogP contribution in [0.15, 0.2) is 24.9 Å². The van der Waals surface area contributed by atoms with Crippen molar-refractivity contribution >= 4 is 5.91 Å². The Kier molecular flexibility index (Phi) is 4.03. The molecule has 112 valence electrons. The maximum Gasteiger partial charge on any atom is 0.224 e. The molecule has 1 N–H and O–H groups in total. The average molecular weight is 287 g/mol. The van der Waals surface area contributed by atoms with Crippen LogP contribution in [0.25, 0.3) is 0 Å². The third-order valence-corrected chi connectivity index (χ3v) is 4.17. The van der Waals surface area contributed by atoms with Gasteiger partial charge >= 0.3 is 0 Å². The Morgan fingerprint density at radius 1 is 1.48 bits per heavy atom. The molecule has 0 unspecified atom stereocenters. The molecule has 0 radical (unpaired) electrons. The van der Waals surface area contributed by atoms with E-state index in [9.17, 15) is 4.79 Å². The Hall–Kier alpha value is -2.11. The number of carbonyl (C=O) groups is 1. The lowest BCUT2D eigenvalue weighted by Crippen LogP contribution is -2.39. The molecule has 0 saturated carbocycles. The summed E-state index contributed by atoms with van der Waals surface area (Å²) in [6.45, 7) is 3.57. The number of nitrogens with zero attached hydrogens (tertiary/aromatic N) is 4. The normalized spacial score (nSPS) is 18.9. The largest absolute Gasteiger partial charge is 0.337 e. The topological polar surface area (TPSA) is 66.8 Å². The van der Waals surface area contributed by atoms with Gasteiger partial charge in [0, 0.05) is 31.9 Å². The zero-order valence-electron chi connectivity index (χ0n) is 12.3. The Morgan fingerprint density at radius 2 is 2.38 bits per heavy atom. The lowest BCUT2D eigenvalue weighted by molar-refractivity contribution is -0.135. The first-order valence-electron chi connectivity index (χ1n) is 7.51. The number of imidazole rings is 1. The number of hydrogen-bond donors (Lipinski definition) is 1. The summed E-state index contributed by atoms with van der Waals surface area (Å²) in [5.74, 6) is 0.211. The van der Waals surface area contributed by atoms with Crippen molar-refractivity contribution in [2.45, 2.75) is 45.2 Å². The Morgan fingerprint density at radius 3 is 3.10 bits per heavy atom. The van der Waals surface area contributed by atoms with Gasteiger partial charge in [0.05, 0.1) is 24.3 Å². The van der Waals surface area contributed by atoms with Gasteiger partial charge in [-0.25, -0.2) is 4.98 Å². The number of aromatic nitrogens is 4. The molecule has 2 aromatic rings. The third kappa shape index (κ3) is 2.99. The van der Waals surface area contributed by atoms with Gasteiger partial charge in [-0.15, -0.1) is 0 Å². The van der Waals surface area contributed by atoms with Crippen molar-refractivity contribution in [3.8, 4) is 0 Å². The molecule has 0 bridgehead atoms. The van der Waals surface area contributed by atoms with Crippen LogP contribution in [0.1, 0.15) is 43.0 Å². The van der Waals surface area contributed by atoms with E-state index in [1.54, 1.807) is 12.5 Å². The van der Waals surface area contributed by atoms with Crippen LogP contribution in [-0.2, 0) is 11.3 Å². The van der Waals surface area contributed by atoms with E-state index in [0.29, 0.717) is 13.0 Å². The SMILES string of the molecule is Cc1cn[nH]c1[C@H]1CCCCN1C(=O)CCn1ccnc1. The van der Waals surface area contributed by atoms with Crippen LogP contribution in [-0.4, -0.2) is 37.1 Å². The van der Waals surface area contributed by atoms with E-state index >= 15 is 0 Å². The van der Waals surface area contributed by atoms with Crippen molar-refractivity contribution in [1.29, 1.82) is 0 Å². The molecule has 3 heterocycles. The van der Waals surface area contributed by atoms with Gasteiger partial charge in [-0.05, 0) is 31.7 Å². The number of piperidine rings is 1. The number of H-pyrrole nitrogens is 1. The minimum Gasteiger partial charge on any atom is -0.337 e. The summed E-state index contributed by atoms with van der Waals surface area (Å²) in [6.07, 6.45) is 11.0. The average Bonchev–Trinajstić information content (AvgIpc) is 3.16. The van der Waals surface area contributed by atoms with Crippen LogP contribution >= 0.6 is 0 Å². The van der Waals surface area contributed by atoms with Gasteiger partial charge in [0.15, 0.2) is 0 Å². The van der Waals surface area contributed by atoms with Crippen LogP contribution in [0, 0.1) is 6.92 Å². The summed E-state index contributed by atoms with van der Waals surface area (Å²) >= 11 is 0. The Labute approximate surface area is 124 Å². The number of likely N-dealkylation sites (tertiary alicyclic amines) is 1. The number of aryl methyl sites for hydroxylation is 2. The minimum absolute atomic E-state index is 0.150. The van der Waals surface area contributed by atoms with Crippen LogP contribution in [0.3, 0.4) is 0 Å². The van der Waals surface area contributed by atoms with Crippen LogP contribution < -0.4 is 0 Å². The fraction of sp³-hybridized carbons (Fsp3) is 0.533. The molecule has 2 aromatic heterocycles. The highest BCUT2D eigenvalue weighted by Crippen LogP contribution is 2.31. The summed E-state index contributed by atoms with van der Waals surface area (Å²) in [5.41, 5.74) is 2.22. The molecule has 6 heteroatoms. The van der Waals surface area contributed by atoms with Crippen molar-refractivity contribution in [3.05, 3.63) is 36.2 Å². The number of amides is 1. The predicted molar refractivity (Wildman–Crippen MR) is 78.5 cm³/mol. The zero-order chi connectivity index (χ0) is 14.7. The molecule has 1 aliphatic rings. The van der Waals surface area contributed by atoms with Crippen molar-refractivity contribution in [2.75, 3.05) is 6.54 Å². The fourth-order valence-corrected chi connectivity index (χ4v) is 3.01.